The molecule has 0 radical (unpaired) electrons. The Labute approximate surface area is 225 Å². The second-order valence-corrected chi connectivity index (χ2v) is 11.3. The first-order valence-corrected chi connectivity index (χ1v) is 14.2. The van der Waals surface area contributed by atoms with Gasteiger partial charge < -0.3 is 25.2 Å². The highest BCUT2D eigenvalue weighted by Gasteiger charge is 2.34. The van der Waals surface area contributed by atoms with Crippen molar-refractivity contribution < 1.29 is 9.13 Å². The Kier molecular flexibility index (Phi) is 8.39. The minimum atomic E-state index is -0.198. The molecule has 2 aliphatic heterocycles. The van der Waals surface area contributed by atoms with Crippen molar-refractivity contribution in [3.05, 3.63) is 41.7 Å². The van der Waals surface area contributed by atoms with Crippen molar-refractivity contribution in [1.82, 2.24) is 15.3 Å². The van der Waals surface area contributed by atoms with Crippen molar-refractivity contribution in [1.29, 1.82) is 0 Å². The van der Waals surface area contributed by atoms with E-state index in [4.69, 9.17) is 26.9 Å². The van der Waals surface area contributed by atoms with E-state index >= 15 is 0 Å². The smallest absolute Gasteiger partial charge is 0.232 e. The molecule has 7 nitrogen and oxygen atoms in total. The van der Waals surface area contributed by atoms with E-state index in [9.17, 15) is 4.39 Å². The van der Waals surface area contributed by atoms with Crippen molar-refractivity contribution in [2.24, 2.45) is 5.92 Å². The van der Waals surface area contributed by atoms with Gasteiger partial charge in [0.15, 0.2) is 5.11 Å². The first-order valence-electron chi connectivity index (χ1n) is 13.8. The summed E-state index contributed by atoms with van der Waals surface area (Å²) in [7, 11) is 0. The van der Waals surface area contributed by atoms with Crippen LogP contribution in [0, 0.1) is 11.7 Å². The molecule has 5 rings (SSSR count). The summed E-state index contributed by atoms with van der Waals surface area (Å²) < 4.78 is 19.2. The lowest BCUT2D eigenvalue weighted by Crippen LogP contribution is -2.44. The van der Waals surface area contributed by atoms with Crippen molar-refractivity contribution in [3.8, 4) is 0 Å². The maximum atomic E-state index is 13.6. The number of anilines is 3. The number of halogens is 1. The Morgan fingerprint density at radius 2 is 1.73 bits per heavy atom. The molecule has 2 aromatic rings. The molecule has 1 saturated carbocycles. The lowest BCUT2D eigenvalue weighted by molar-refractivity contribution is 0.122. The minimum Gasteiger partial charge on any atom is -0.378 e. The number of rotatable bonds is 6. The number of thiocarbonyl (C=S) groups is 1. The number of hydrogen-bond donors (Lipinski definition) is 2. The number of ether oxygens (including phenoxy) is 1. The van der Waals surface area contributed by atoms with Gasteiger partial charge in [0, 0.05) is 44.2 Å². The standard InChI is InChI=1S/C28H39FN6OS/c1-21-6-5-13-35(19-21)25-18-24(34-14-16-36-17-15-34)31-26(32-25)33-27(37)30-20-28(11-3-2-4-12-28)22-7-9-23(29)10-8-22/h7-10,18,21H,2-6,11-17,19-20H2,1H3,(H2,30,31,32,33,37). The van der Waals surface area contributed by atoms with Crippen molar-refractivity contribution in [2.75, 3.05) is 61.1 Å². The number of benzene rings is 1. The van der Waals surface area contributed by atoms with E-state index in [1.54, 1.807) is 12.1 Å². The zero-order valence-electron chi connectivity index (χ0n) is 21.8. The van der Waals surface area contributed by atoms with Crippen LogP contribution in [0.2, 0.25) is 0 Å². The molecule has 1 unspecified atom stereocenters. The Bertz CT molecular complexity index is 1060. The second kappa shape index (κ2) is 11.9. The van der Waals surface area contributed by atoms with Gasteiger partial charge in [0.25, 0.3) is 0 Å². The van der Waals surface area contributed by atoms with Crippen LogP contribution >= 0.6 is 12.2 Å². The molecule has 0 spiro atoms. The molecule has 1 aliphatic carbocycles. The topological polar surface area (TPSA) is 65.6 Å². The summed E-state index contributed by atoms with van der Waals surface area (Å²) in [5.41, 5.74) is 1.12. The number of nitrogens with zero attached hydrogens (tertiary/aromatic N) is 4. The number of nitrogens with one attached hydrogen (secondary N) is 2. The van der Waals surface area contributed by atoms with Crippen LogP contribution in [-0.4, -0.2) is 61.0 Å². The molecule has 1 atom stereocenters. The molecule has 3 fully saturated rings. The van der Waals surface area contributed by atoms with Gasteiger partial charge in [-0.05, 0) is 61.5 Å². The van der Waals surface area contributed by atoms with E-state index < -0.39 is 0 Å². The maximum Gasteiger partial charge on any atom is 0.232 e. The molecular formula is C28H39FN6OS. The Morgan fingerprint density at radius 3 is 2.43 bits per heavy atom. The summed E-state index contributed by atoms with van der Waals surface area (Å²) in [6.07, 6.45) is 8.14. The monoisotopic (exact) mass is 526 g/mol. The van der Waals surface area contributed by atoms with Crippen LogP contribution < -0.4 is 20.4 Å². The summed E-state index contributed by atoms with van der Waals surface area (Å²) in [5, 5.41) is 7.26. The van der Waals surface area contributed by atoms with Crippen molar-refractivity contribution in [2.45, 2.75) is 57.3 Å². The van der Waals surface area contributed by atoms with Crippen molar-refractivity contribution >= 4 is 34.9 Å². The molecule has 1 aromatic heterocycles. The molecular weight excluding hydrogens is 487 g/mol. The highest BCUT2D eigenvalue weighted by molar-refractivity contribution is 7.80. The SMILES string of the molecule is CC1CCCN(c2cc(N3CCOCC3)nc(NC(=S)NCC3(c4ccc(F)cc4)CCCCC3)n2)C1. The minimum absolute atomic E-state index is 0.0523. The van der Waals surface area contributed by atoms with Gasteiger partial charge in [-0.25, -0.2) is 4.39 Å². The zero-order chi connectivity index (χ0) is 25.7. The third-order valence-electron chi connectivity index (χ3n) is 8.10. The lowest BCUT2D eigenvalue weighted by Gasteiger charge is -2.38. The first-order chi connectivity index (χ1) is 18.0. The summed E-state index contributed by atoms with van der Waals surface area (Å²) >= 11 is 5.73. The quantitative estimate of drug-likeness (QED) is 0.517. The molecule has 3 aliphatic rings. The number of aromatic nitrogens is 2. The van der Waals surface area contributed by atoms with Gasteiger partial charge in [-0.15, -0.1) is 0 Å². The van der Waals surface area contributed by atoms with Crippen LogP contribution in [0.4, 0.5) is 22.0 Å². The Morgan fingerprint density at radius 1 is 1.03 bits per heavy atom. The maximum absolute atomic E-state index is 13.6. The van der Waals surface area contributed by atoms with Gasteiger partial charge >= 0.3 is 0 Å². The van der Waals surface area contributed by atoms with Gasteiger partial charge in [-0.2, -0.15) is 9.97 Å². The number of hydrogen-bond acceptors (Lipinski definition) is 6. The van der Waals surface area contributed by atoms with Crippen LogP contribution in [-0.2, 0) is 10.2 Å². The molecule has 0 amide bonds. The molecule has 3 heterocycles. The molecule has 9 heteroatoms. The predicted molar refractivity (Wildman–Crippen MR) is 151 cm³/mol. The van der Waals surface area contributed by atoms with Crippen LogP contribution in [0.15, 0.2) is 30.3 Å². The summed E-state index contributed by atoms with van der Waals surface area (Å²) in [6, 6.07) is 9.10. The van der Waals surface area contributed by atoms with E-state index in [1.165, 1.54) is 37.7 Å². The molecule has 200 valence electrons. The molecule has 1 aromatic carbocycles. The third kappa shape index (κ3) is 6.49. The molecule has 2 saturated heterocycles. The fourth-order valence-electron chi connectivity index (χ4n) is 5.99. The van der Waals surface area contributed by atoms with E-state index in [-0.39, 0.29) is 11.2 Å². The molecule has 2 N–H and O–H groups in total. The van der Waals surface area contributed by atoms with E-state index in [0.717, 1.165) is 50.7 Å². The summed E-state index contributed by atoms with van der Waals surface area (Å²) in [4.78, 5) is 14.4. The molecule has 37 heavy (non-hydrogen) atoms. The summed E-state index contributed by atoms with van der Waals surface area (Å²) in [5.74, 6) is 2.83. The van der Waals surface area contributed by atoms with Crippen LogP contribution in [0.3, 0.4) is 0 Å². The van der Waals surface area contributed by atoms with E-state index in [0.29, 0.717) is 36.7 Å². The fourth-order valence-corrected chi connectivity index (χ4v) is 6.15. The average molecular weight is 527 g/mol. The zero-order valence-corrected chi connectivity index (χ0v) is 22.7. The number of morpholine rings is 1. The van der Waals surface area contributed by atoms with Crippen LogP contribution in [0.5, 0.6) is 0 Å². The van der Waals surface area contributed by atoms with Crippen molar-refractivity contribution in [3.63, 3.8) is 0 Å². The fraction of sp³-hybridized carbons (Fsp3) is 0.607. The van der Waals surface area contributed by atoms with Crippen LogP contribution in [0.25, 0.3) is 0 Å². The predicted octanol–water partition coefficient (Wildman–Crippen LogP) is 4.88. The Hall–Kier alpha value is -2.52. The lowest BCUT2D eigenvalue weighted by atomic mass is 9.69. The second-order valence-electron chi connectivity index (χ2n) is 10.9. The third-order valence-corrected chi connectivity index (χ3v) is 8.34. The summed E-state index contributed by atoms with van der Waals surface area (Å²) in [6.45, 7) is 8.04. The largest absolute Gasteiger partial charge is 0.378 e. The van der Waals surface area contributed by atoms with E-state index in [1.807, 2.05) is 12.1 Å². The van der Waals surface area contributed by atoms with Gasteiger partial charge in [0.1, 0.15) is 17.5 Å². The van der Waals surface area contributed by atoms with Gasteiger partial charge in [0.05, 0.1) is 13.2 Å². The normalized spacial score (nSPS) is 21.9. The Balaban J connectivity index is 1.32. The first kappa shape index (κ1) is 26.1. The van der Waals surface area contributed by atoms with Gasteiger partial charge in [-0.3, -0.25) is 0 Å². The van der Waals surface area contributed by atoms with Crippen LogP contribution in [0.1, 0.15) is 57.4 Å². The highest BCUT2D eigenvalue weighted by Crippen LogP contribution is 2.39. The number of piperidine rings is 1. The molecule has 0 bridgehead atoms. The van der Waals surface area contributed by atoms with Gasteiger partial charge in [0.2, 0.25) is 5.95 Å². The average Bonchev–Trinajstić information content (AvgIpc) is 2.93. The van der Waals surface area contributed by atoms with E-state index in [2.05, 4.69) is 33.4 Å². The van der Waals surface area contributed by atoms with Gasteiger partial charge in [-0.1, -0.05) is 38.3 Å². The highest BCUT2D eigenvalue weighted by atomic mass is 32.1.